The summed E-state index contributed by atoms with van der Waals surface area (Å²) < 4.78 is 0. The molecule has 0 spiro atoms. The number of unbranched alkanes of at least 4 members (excludes halogenated alkanes) is 9. The Labute approximate surface area is 142 Å². The molecule has 0 saturated carbocycles. The molecule has 3 nitrogen and oxygen atoms in total. The van der Waals surface area contributed by atoms with Crippen LogP contribution in [-0.4, -0.2) is 35.7 Å². The molecule has 0 heterocycles. The molecule has 0 rings (SSSR count). The van der Waals surface area contributed by atoms with Gasteiger partial charge in [-0.05, 0) is 19.1 Å². The highest BCUT2D eigenvalue weighted by Crippen LogP contribution is 2.10. The monoisotopic (exact) mass is 331 g/mol. The summed E-state index contributed by atoms with van der Waals surface area (Å²) in [7, 11) is 0. The van der Waals surface area contributed by atoms with E-state index in [4.69, 9.17) is 0 Å². The van der Waals surface area contributed by atoms with Crippen molar-refractivity contribution < 1.29 is 9.90 Å². The van der Waals surface area contributed by atoms with Crippen molar-refractivity contribution in [3.8, 4) is 0 Å². The molecular formula is C18H37NO2S. The largest absolute Gasteiger partial charge is 0.392 e. The smallest absolute Gasteiger partial charge is 0.220 e. The minimum atomic E-state index is -0.349. The molecule has 2 N–H and O–H groups in total. The lowest BCUT2D eigenvalue weighted by atomic mass is 10.1. The minimum Gasteiger partial charge on any atom is -0.392 e. The first kappa shape index (κ1) is 21.8. The molecule has 0 fully saturated rings. The second kappa shape index (κ2) is 17.1. The Morgan fingerprint density at radius 1 is 1.00 bits per heavy atom. The van der Waals surface area contributed by atoms with Gasteiger partial charge in [-0.1, -0.05) is 64.7 Å². The SMILES string of the molecule is CCCCCCCCCCCCNC(=O)CC[C@H](O)CSC. The van der Waals surface area contributed by atoms with E-state index in [1.54, 1.807) is 11.8 Å². The molecule has 0 aliphatic rings. The second-order valence-electron chi connectivity index (χ2n) is 6.18. The number of carbonyl (C=O) groups is 1. The number of aliphatic hydroxyl groups excluding tert-OH is 1. The Morgan fingerprint density at radius 3 is 2.09 bits per heavy atom. The molecule has 1 amide bonds. The van der Waals surface area contributed by atoms with Crippen LogP contribution in [0, 0.1) is 0 Å². The number of carbonyl (C=O) groups excluding carboxylic acids is 1. The van der Waals surface area contributed by atoms with Crippen molar-refractivity contribution in [2.45, 2.75) is 90.1 Å². The summed E-state index contributed by atoms with van der Waals surface area (Å²) in [5, 5.41) is 12.5. The lowest BCUT2D eigenvalue weighted by Crippen LogP contribution is -2.25. The molecule has 0 saturated heterocycles. The Balaban J connectivity index is 3.20. The predicted octanol–water partition coefficient (Wildman–Crippen LogP) is 4.53. The van der Waals surface area contributed by atoms with E-state index in [0.29, 0.717) is 18.6 Å². The fraction of sp³-hybridized carbons (Fsp3) is 0.944. The Kier molecular flexibility index (Phi) is 17.0. The van der Waals surface area contributed by atoms with Crippen LogP contribution in [0.2, 0.25) is 0 Å². The summed E-state index contributed by atoms with van der Waals surface area (Å²) >= 11 is 1.62. The average molecular weight is 332 g/mol. The van der Waals surface area contributed by atoms with Gasteiger partial charge in [0.25, 0.3) is 0 Å². The maximum absolute atomic E-state index is 11.6. The van der Waals surface area contributed by atoms with Crippen molar-refractivity contribution in [2.24, 2.45) is 0 Å². The van der Waals surface area contributed by atoms with Crippen LogP contribution in [0.4, 0.5) is 0 Å². The Hall–Kier alpha value is -0.220. The van der Waals surface area contributed by atoms with Gasteiger partial charge in [-0.25, -0.2) is 0 Å². The molecule has 0 aromatic heterocycles. The number of rotatable bonds is 16. The van der Waals surface area contributed by atoms with E-state index >= 15 is 0 Å². The van der Waals surface area contributed by atoms with Crippen molar-refractivity contribution in [3.05, 3.63) is 0 Å². The minimum absolute atomic E-state index is 0.0797. The molecule has 0 unspecified atom stereocenters. The van der Waals surface area contributed by atoms with Gasteiger partial charge >= 0.3 is 0 Å². The van der Waals surface area contributed by atoms with Crippen molar-refractivity contribution in [3.63, 3.8) is 0 Å². The maximum Gasteiger partial charge on any atom is 0.220 e. The third-order valence-electron chi connectivity index (χ3n) is 3.92. The van der Waals surface area contributed by atoms with E-state index in [1.165, 1.54) is 57.8 Å². The van der Waals surface area contributed by atoms with Crippen LogP contribution in [0.1, 0.15) is 84.0 Å². The zero-order valence-electron chi connectivity index (χ0n) is 14.7. The van der Waals surface area contributed by atoms with Crippen LogP contribution in [-0.2, 0) is 4.79 Å². The van der Waals surface area contributed by atoms with E-state index in [1.807, 2.05) is 6.26 Å². The van der Waals surface area contributed by atoms with Gasteiger partial charge in [0, 0.05) is 18.7 Å². The van der Waals surface area contributed by atoms with Gasteiger partial charge in [0.15, 0.2) is 0 Å². The third kappa shape index (κ3) is 16.2. The van der Waals surface area contributed by atoms with Crippen LogP contribution < -0.4 is 5.32 Å². The van der Waals surface area contributed by atoms with Gasteiger partial charge in [-0.15, -0.1) is 0 Å². The maximum atomic E-state index is 11.6. The topological polar surface area (TPSA) is 49.3 Å². The van der Waals surface area contributed by atoms with Crippen molar-refractivity contribution in [1.82, 2.24) is 5.32 Å². The van der Waals surface area contributed by atoms with Gasteiger partial charge in [0.2, 0.25) is 5.91 Å². The van der Waals surface area contributed by atoms with Crippen molar-refractivity contribution in [1.29, 1.82) is 0 Å². The quantitative estimate of drug-likeness (QED) is 0.409. The average Bonchev–Trinajstić information content (AvgIpc) is 2.51. The summed E-state index contributed by atoms with van der Waals surface area (Å²) in [5.74, 6) is 0.794. The molecule has 0 aliphatic heterocycles. The van der Waals surface area contributed by atoms with Gasteiger partial charge in [0.05, 0.1) is 6.10 Å². The third-order valence-corrected chi connectivity index (χ3v) is 4.63. The number of hydrogen-bond donors (Lipinski definition) is 2. The molecule has 0 radical (unpaired) electrons. The molecule has 132 valence electrons. The predicted molar refractivity (Wildman–Crippen MR) is 98.5 cm³/mol. The highest BCUT2D eigenvalue weighted by molar-refractivity contribution is 7.98. The zero-order chi connectivity index (χ0) is 16.5. The van der Waals surface area contributed by atoms with Crippen molar-refractivity contribution >= 4 is 17.7 Å². The molecule has 0 bridgehead atoms. The van der Waals surface area contributed by atoms with Crippen molar-refractivity contribution in [2.75, 3.05) is 18.6 Å². The van der Waals surface area contributed by atoms with E-state index in [2.05, 4.69) is 12.2 Å². The van der Waals surface area contributed by atoms with E-state index in [0.717, 1.165) is 13.0 Å². The first-order valence-electron chi connectivity index (χ1n) is 9.14. The number of thioether (sulfide) groups is 1. The van der Waals surface area contributed by atoms with Crippen LogP contribution in [0.25, 0.3) is 0 Å². The summed E-state index contributed by atoms with van der Waals surface area (Å²) in [5.41, 5.74) is 0. The van der Waals surface area contributed by atoms with E-state index in [-0.39, 0.29) is 12.0 Å². The highest BCUT2D eigenvalue weighted by atomic mass is 32.2. The summed E-state index contributed by atoms with van der Waals surface area (Å²) in [6, 6.07) is 0. The number of hydrogen-bond acceptors (Lipinski definition) is 3. The molecule has 0 aromatic rings. The molecule has 1 atom stereocenters. The zero-order valence-corrected chi connectivity index (χ0v) is 15.6. The fourth-order valence-electron chi connectivity index (χ4n) is 2.50. The highest BCUT2D eigenvalue weighted by Gasteiger charge is 2.06. The number of nitrogens with one attached hydrogen (secondary N) is 1. The standard InChI is InChI=1S/C18H37NO2S/c1-3-4-5-6-7-8-9-10-11-12-15-19-18(21)14-13-17(20)16-22-2/h17,20H,3-16H2,1-2H3,(H,19,21)/t17-/m0/s1. The van der Waals surface area contributed by atoms with Gasteiger partial charge in [-0.2, -0.15) is 11.8 Å². The second-order valence-corrected chi connectivity index (χ2v) is 7.09. The number of amides is 1. The molecule has 22 heavy (non-hydrogen) atoms. The summed E-state index contributed by atoms with van der Waals surface area (Å²) in [6.07, 6.45) is 15.8. The molecule has 0 aromatic carbocycles. The normalized spacial score (nSPS) is 12.3. The lowest BCUT2D eigenvalue weighted by Gasteiger charge is -2.09. The summed E-state index contributed by atoms with van der Waals surface area (Å²) in [6.45, 7) is 3.04. The van der Waals surface area contributed by atoms with Crippen LogP contribution in [0.3, 0.4) is 0 Å². The first-order valence-corrected chi connectivity index (χ1v) is 10.5. The van der Waals surface area contributed by atoms with Gasteiger partial charge in [0.1, 0.15) is 0 Å². The fourth-order valence-corrected chi connectivity index (χ4v) is 3.05. The van der Waals surface area contributed by atoms with E-state index < -0.39 is 0 Å². The van der Waals surface area contributed by atoms with Crippen LogP contribution >= 0.6 is 11.8 Å². The Morgan fingerprint density at radius 2 is 1.55 bits per heavy atom. The lowest BCUT2D eigenvalue weighted by molar-refractivity contribution is -0.121. The van der Waals surface area contributed by atoms with E-state index in [9.17, 15) is 9.90 Å². The summed E-state index contributed by atoms with van der Waals surface area (Å²) in [4.78, 5) is 11.6. The van der Waals surface area contributed by atoms with Crippen LogP contribution in [0.5, 0.6) is 0 Å². The Bertz CT molecular complexity index is 249. The molecule has 0 aliphatic carbocycles. The molecular weight excluding hydrogens is 294 g/mol. The number of aliphatic hydroxyl groups is 1. The van der Waals surface area contributed by atoms with Gasteiger partial charge < -0.3 is 10.4 Å². The van der Waals surface area contributed by atoms with Crippen LogP contribution in [0.15, 0.2) is 0 Å². The molecule has 4 heteroatoms. The van der Waals surface area contributed by atoms with Gasteiger partial charge in [-0.3, -0.25) is 4.79 Å². The first-order chi connectivity index (χ1) is 10.7.